The molecule has 8 heteroatoms. The molecule has 0 fully saturated rings. The van der Waals surface area contributed by atoms with Crippen molar-refractivity contribution in [3.63, 3.8) is 0 Å². The van der Waals surface area contributed by atoms with E-state index in [1.54, 1.807) is 6.20 Å². The van der Waals surface area contributed by atoms with Crippen molar-refractivity contribution in [3.8, 4) is 0 Å². The first kappa shape index (κ1) is 16.0. The van der Waals surface area contributed by atoms with Crippen LogP contribution in [-0.4, -0.2) is 25.8 Å². The maximum atomic E-state index is 12.6. The number of pyridine rings is 1. The molecule has 0 radical (unpaired) electrons. The quantitative estimate of drug-likeness (QED) is 0.293. The van der Waals surface area contributed by atoms with Crippen LogP contribution < -0.4 is 5.32 Å². The Hall–Kier alpha value is -4.20. The van der Waals surface area contributed by atoms with E-state index in [0.29, 0.717) is 11.4 Å². The summed E-state index contributed by atoms with van der Waals surface area (Å²) >= 11 is 0. The van der Waals surface area contributed by atoms with Gasteiger partial charge in [-0.2, -0.15) is 0 Å². The summed E-state index contributed by atoms with van der Waals surface area (Å²) in [6.45, 7) is 0. The number of carbonyl (C=O) groups excluding carboxylic acids is 1. The fraction of sp³-hybridized carbons (Fsp3) is 0. The maximum Gasteiger partial charge on any atom is 0.269 e. The van der Waals surface area contributed by atoms with Crippen LogP contribution in [0.1, 0.15) is 10.4 Å². The monoisotopic (exact) mass is 369 g/mol. The van der Waals surface area contributed by atoms with Gasteiger partial charge in [0.05, 0.1) is 16.0 Å². The van der Waals surface area contributed by atoms with Gasteiger partial charge in [0.25, 0.3) is 11.6 Å². The van der Waals surface area contributed by atoms with Crippen molar-refractivity contribution in [1.82, 2.24) is 15.0 Å². The molecule has 2 aromatic heterocycles. The highest BCUT2D eigenvalue weighted by molar-refractivity contribution is 6.24. The van der Waals surface area contributed by atoms with E-state index in [2.05, 4.69) is 20.3 Å². The predicted molar refractivity (Wildman–Crippen MR) is 105 cm³/mol. The number of nitrogens with zero attached hydrogens (tertiary/aromatic N) is 4. The number of rotatable bonds is 3. The molecule has 28 heavy (non-hydrogen) atoms. The molecule has 0 saturated carbocycles. The van der Waals surface area contributed by atoms with E-state index in [0.717, 1.165) is 32.6 Å². The molecule has 0 bridgehead atoms. The van der Waals surface area contributed by atoms with E-state index >= 15 is 0 Å². The number of benzene rings is 3. The summed E-state index contributed by atoms with van der Waals surface area (Å²) in [7, 11) is 0. The molecule has 3 aromatic carbocycles. The molecule has 0 atom stereocenters. The lowest BCUT2D eigenvalue weighted by Crippen LogP contribution is -2.13. The Morgan fingerprint density at radius 1 is 0.893 bits per heavy atom. The number of amides is 1. The van der Waals surface area contributed by atoms with Gasteiger partial charge in [-0.15, -0.1) is 0 Å². The zero-order valence-electron chi connectivity index (χ0n) is 14.3. The summed E-state index contributed by atoms with van der Waals surface area (Å²) in [5.74, 6) is 0.0165. The first-order valence-corrected chi connectivity index (χ1v) is 8.42. The molecule has 0 spiro atoms. The predicted octanol–water partition coefficient (Wildman–Crippen LogP) is 3.93. The summed E-state index contributed by atoms with van der Waals surface area (Å²) < 4.78 is 0. The number of hydrogen-bond acceptors (Lipinski definition) is 6. The third kappa shape index (κ3) is 2.39. The lowest BCUT2D eigenvalue weighted by Gasteiger charge is -2.12. The van der Waals surface area contributed by atoms with Crippen molar-refractivity contribution in [2.24, 2.45) is 0 Å². The van der Waals surface area contributed by atoms with Crippen molar-refractivity contribution in [3.05, 3.63) is 76.7 Å². The fourth-order valence-corrected chi connectivity index (χ4v) is 3.38. The Kier molecular flexibility index (Phi) is 3.38. The molecule has 0 aliphatic heterocycles. The number of carbonyl (C=O) groups is 1. The van der Waals surface area contributed by atoms with Gasteiger partial charge in [0.1, 0.15) is 12.1 Å². The second-order valence-corrected chi connectivity index (χ2v) is 6.29. The van der Waals surface area contributed by atoms with Crippen LogP contribution in [0.3, 0.4) is 0 Å². The standard InChI is InChI=1S/C20H11N5O3/c26-20(11-1-4-13(5-2-11)25(27)28)24-19-14-6-8-16-18-15(22-10-23-16)7-3-12(9-21-19)17(14)18/h1-10H,(H,21,24,26). The largest absolute Gasteiger partial charge is 0.306 e. The summed E-state index contributed by atoms with van der Waals surface area (Å²) in [5, 5.41) is 17.1. The maximum absolute atomic E-state index is 12.6. The van der Waals surface area contributed by atoms with Gasteiger partial charge in [-0.25, -0.2) is 15.0 Å². The van der Waals surface area contributed by atoms with Gasteiger partial charge >= 0.3 is 0 Å². The molecule has 5 aromatic rings. The summed E-state index contributed by atoms with van der Waals surface area (Å²) in [5.41, 5.74) is 1.88. The fourth-order valence-electron chi connectivity index (χ4n) is 3.38. The van der Waals surface area contributed by atoms with Crippen molar-refractivity contribution < 1.29 is 9.72 Å². The first-order chi connectivity index (χ1) is 13.6. The van der Waals surface area contributed by atoms with E-state index in [4.69, 9.17) is 0 Å². The molecule has 0 aliphatic carbocycles. The number of non-ortho nitro benzene ring substituents is 1. The number of anilines is 1. The minimum absolute atomic E-state index is 0.0718. The Bertz CT molecular complexity index is 1370. The van der Waals surface area contributed by atoms with Crippen LogP contribution in [0.4, 0.5) is 11.5 Å². The zero-order chi connectivity index (χ0) is 19.3. The molecule has 1 N–H and O–H groups in total. The average Bonchev–Trinajstić information content (AvgIpc) is 2.73. The van der Waals surface area contributed by atoms with E-state index in [-0.39, 0.29) is 5.69 Å². The molecule has 1 amide bonds. The first-order valence-electron chi connectivity index (χ1n) is 8.42. The summed E-state index contributed by atoms with van der Waals surface area (Å²) in [6, 6.07) is 13.0. The van der Waals surface area contributed by atoms with Crippen molar-refractivity contribution in [1.29, 1.82) is 0 Å². The van der Waals surface area contributed by atoms with Crippen LogP contribution in [0.2, 0.25) is 0 Å². The number of hydrogen-bond donors (Lipinski definition) is 1. The Morgan fingerprint density at radius 3 is 2.32 bits per heavy atom. The van der Waals surface area contributed by atoms with Crippen molar-refractivity contribution in [2.75, 3.05) is 5.32 Å². The highest BCUT2D eigenvalue weighted by atomic mass is 16.6. The van der Waals surface area contributed by atoms with Crippen LogP contribution in [0.15, 0.2) is 61.1 Å². The van der Waals surface area contributed by atoms with Gasteiger partial charge in [0.15, 0.2) is 0 Å². The normalized spacial score (nSPS) is 11.3. The van der Waals surface area contributed by atoms with Crippen LogP contribution in [0.25, 0.3) is 32.6 Å². The third-order valence-electron chi connectivity index (χ3n) is 4.70. The van der Waals surface area contributed by atoms with E-state index in [1.165, 1.54) is 30.6 Å². The Labute approximate surface area is 157 Å². The van der Waals surface area contributed by atoms with E-state index < -0.39 is 10.8 Å². The van der Waals surface area contributed by atoms with Crippen LogP contribution in [0, 0.1) is 10.1 Å². The van der Waals surface area contributed by atoms with E-state index in [9.17, 15) is 14.9 Å². The van der Waals surface area contributed by atoms with Gasteiger partial charge in [-0.3, -0.25) is 14.9 Å². The van der Waals surface area contributed by atoms with Gasteiger partial charge in [-0.05, 0) is 30.3 Å². The Balaban J connectivity index is 1.61. The number of nitro groups is 1. The van der Waals surface area contributed by atoms with Gasteiger partial charge in [0, 0.05) is 45.4 Å². The highest BCUT2D eigenvalue weighted by Crippen LogP contribution is 2.35. The van der Waals surface area contributed by atoms with Crippen LogP contribution in [0.5, 0.6) is 0 Å². The van der Waals surface area contributed by atoms with Crippen LogP contribution >= 0.6 is 0 Å². The lowest BCUT2D eigenvalue weighted by atomic mass is 10.0. The third-order valence-corrected chi connectivity index (χ3v) is 4.70. The van der Waals surface area contributed by atoms with Crippen molar-refractivity contribution in [2.45, 2.75) is 0 Å². The average molecular weight is 369 g/mol. The second-order valence-electron chi connectivity index (χ2n) is 6.29. The minimum atomic E-state index is -0.508. The van der Waals surface area contributed by atoms with Gasteiger partial charge in [0.2, 0.25) is 0 Å². The summed E-state index contributed by atoms with van der Waals surface area (Å²) in [6.07, 6.45) is 3.22. The van der Waals surface area contributed by atoms with Gasteiger partial charge < -0.3 is 5.32 Å². The molecule has 8 nitrogen and oxygen atoms in total. The number of aromatic nitrogens is 3. The highest BCUT2D eigenvalue weighted by Gasteiger charge is 2.16. The lowest BCUT2D eigenvalue weighted by molar-refractivity contribution is -0.384. The number of nitrogens with one attached hydrogen (secondary N) is 1. The second kappa shape index (κ2) is 5.92. The molecule has 0 saturated heterocycles. The molecule has 0 aliphatic rings. The number of nitro benzene ring substituents is 1. The smallest absolute Gasteiger partial charge is 0.269 e. The van der Waals surface area contributed by atoms with Crippen LogP contribution in [-0.2, 0) is 0 Å². The molecule has 0 unspecified atom stereocenters. The summed E-state index contributed by atoms with van der Waals surface area (Å²) in [4.78, 5) is 35.9. The molecular formula is C20H11N5O3. The molecule has 5 rings (SSSR count). The van der Waals surface area contributed by atoms with Crippen molar-refractivity contribution >= 4 is 50.0 Å². The minimum Gasteiger partial charge on any atom is -0.306 e. The van der Waals surface area contributed by atoms with E-state index in [1.807, 2.05) is 24.3 Å². The van der Waals surface area contributed by atoms with Gasteiger partial charge in [-0.1, -0.05) is 6.07 Å². The SMILES string of the molecule is O=C(Nc1ncc2ccc3ncnc4ccc1c2c34)c1ccc([N+](=O)[O-])cc1. The molecule has 2 heterocycles. The topological polar surface area (TPSA) is 111 Å². The molecular weight excluding hydrogens is 358 g/mol. The molecule has 134 valence electrons. The zero-order valence-corrected chi connectivity index (χ0v) is 14.3. The Morgan fingerprint density at radius 2 is 1.61 bits per heavy atom.